The summed E-state index contributed by atoms with van der Waals surface area (Å²) in [4.78, 5) is 119. The summed E-state index contributed by atoms with van der Waals surface area (Å²) in [6.07, 6.45) is 0.116. The van der Waals surface area contributed by atoms with Crippen molar-refractivity contribution in [2.75, 3.05) is 12.3 Å². The molecule has 14 unspecified atom stereocenters. The van der Waals surface area contributed by atoms with Crippen molar-refractivity contribution in [2.45, 2.75) is 175 Å². The number of anilines is 1. The minimum atomic E-state index is -1.40. The van der Waals surface area contributed by atoms with Crippen molar-refractivity contribution in [1.29, 1.82) is 0 Å². The number of carbonyl (C=O) groups is 7. The molecule has 8 rings (SSSR count). The van der Waals surface area contributed by atoms with E-state index >= 15 is 0 Å². The fourth-order valence-electron chi connectivity index (χ4n) is 14.2. The van der Waals surface area contributed by atoms with Gasteiger partial charge in [-0.3, -0.25) is 53.1 Å². The van der Waals surface area contributed by atoms with Crippen molar-refractivity contribution in [3.05, 3.63) is 59.2 Å². The van der Waals surface area contributed by atoms with E-state index in [2.05, 4.69) is 27.2 Å². The van der Waals surface area contributed by atoms with Gasteiger partial charge in [-0.25, -0.2) is 15.0 Å². The summed E-state index contributed by atoms with van der Waals surface area (Å²) in [5, 5.41) is 37.9. The Hall–Kier alpha value is -7.02. The molecule has 0 spiro atoms. The number of amides is 7. The van der Waals surface area contributed by atoms with E-state index in [4.69, 9.17) is 65.2 Å². The molecule has 28 nitrogen and oxygen atoms in total. The third kappa shape index (κ3) is 13.5. The van der Waals surface area contributed by atoms with Crippen molar-refractivity contribution in [3.8, 4) is 0 Å². The van der Waals surface area contributed by atoms with Gasteiger partial charge in [0.15, 0.2) is 17.7 Å². The van der Waals surface area contributed by atoms with Gasteiger partial charge in [-0.2, -0.15) is 5.70 Å². The van der Waals surface area contributed by atoms with Crippen LogP contribution in [0.2, 0.25) is 0 Å². The molecule has 0 saturated carbocycles. The Morgan fingerprint density at radius 2 is 1.34 bits per heavy atom. The molecule has 8 heterocycles. The summed E-state index contributed by atoms with van der Waals surface area (Å²) in [6.45, 7) is 20.4. The van der Waals surface area contributed by atoms with Crippen LogP contribution in [-0.2, 0) is 55.1 Å². The molecule has 1 radical (unpaired) electrons. The van der Waals surface area contributed by atoms with Crippen molar-refractivity contribution in [1.82, 2.24) is 24.8 Å². The van der Waals surface area contributed by atoms with Gasteiger partial charge in [0.05, 0.1) is 29.8 Å². The number of nitrogens with zero attached hydrogens (tertiary/aromatic N) is 8. The maximum Gasteiger partial charge on any atom is 2.00 e. The largest absolute Gasteiger partial charge is 2.00 e. The SMILES string of the molecule is C/C1=C2N=C(/C=C3N=C(/C(C)=C4\[N-]C(C(CC(N)=O)C4(C)CCC(=O)NCC(C)O)C4(C)N=C1C(CCC(N)=O)C4(C)CC(N)=O)C(CCC(N)=O)C\3(C)C)C(CCC(N)=O)C/2(C)CC(N)=O.O.[CH2-]C1OC(n2cnc3c(N)ncnc32)C(O)C1O.[Co+2]. The number of nitrogen functional groups attached to an aromatic ring is 1. The van der Waals surface area contributed by atoms with E-state index < -0.39 is 123 Å². The fourth-order valence-corrected chi connectivity index (χ4v) is 14.2. The molecule has 479 valence electrons. The molecule has 2 fully saturated rings. The molecule has 2 aromatic rings. The topological polar surface area (TPSA) is 510 Å². The van der Waals surface area contributed by atoms with Crippen LogP contribution in [0.3, 0.4) is 0 Å². The zero-order valence-electron chi connectivity index (χ0n) is 50.8. The van der Waals surface area contributed by atoms with E-state index in [1.165, 1.54) is 17.2 Å². The second-order valence-electron chi connectivity index (χ2n) is 25.2. The Balaban J connectivity index is 0.000000582. The molecule has 8 bridgehead atoms. The van der Waals surface area contributed by atoms with E-state index in [0.29, 0.717) is 63.0 Å². The number of hydrogen-bond donors (Lipinski definition) is 11. The van der Waals surface area contributed by atoms with Gasteiger partial charge in [0, 0.05) is 108 Å². The maximum absolute atomic E-state index is 13.5. The van der Waals surface area contributed by atoms with Crippen LogP contribution in [0, 0.1) is 52.3 Å². The van der Waals surface area contributed by atoms with Gasteiger partial charge >= 0.3 is 16.8 Å². The van der Waals surface area contributed by atoms with E-state index in [1.54, 1.807) is 6.92 Å². The first kappa shape index (κ1) is 70.7. The number of hydrogen-bond acceptors (Lipinski definition) is 18. The van der Waals surface area contributed by atoms with Gasteiger partial charge in [-0.15, -0.1) is 0 Å². The smallest absolute Gasteiger partial charge is 0.682 e. The average Bonchev–Trinajstić information content (AvgIpc) is 1.55. The van der Waals surface area contributed by atoms with Crippen LogP contribution in [-0.4, -0.2) is 141 Å². The van der Waals surface area contributed by atoms with Crippen LogP contribution >= 0.6 is 0 Å². The summed E-state index contributed by atoms with van der Waals surface area (Å²) in [5.74, 6) is -6.17. The Morgan fingerprint density at radius 3 is 1.89 bits per heavy atom. The summed E-state index contributed by atoms with van der Waals surface area (Å²) in [5.41, 5.74) is 40.9. The second kappa shape index (κ2) is 26.8. The molecule has 7 amide bonds. The molecule has 6 aliphatic heterocycles. The minimum absolute atomic E-state index is 0. The van der Waals surface area contributed by atoms with E-state index in [-0.39, 0.29) is 105 Å². The molecular weight excluding hydrogens is 1170 g/mol. The van der Waals surface area contributed by atoms with E-state index in [9.17, 15) is 48.9 Å². The van der Waals surface area contributed by atoms with Gasteiger partial charge < -0.3 is 83.2 Å². The van der Waals surface area contributed by atoms with Gasteiger partial charge in [-0.1, -0.05) is 40.7 Å². The number of imidazole rings is 1. The number of rotatable bonds is 21. The normalized spacial score (nSPS) is 33.7. The first-order valence-corrected chi connectivity index (χ1v) is 28.6. The molecule has 2 aromatic heterocycles. The van der Waals surface area contributed by atoms with Gasteiger partial charge in [0.2, 0.25) is 41.4 Å². The van der Waals surface area contributed by atoms with Crippen LogP contribution in [0.15, 0.2) is 61.9 Å². The van der Waals surface area contributed by atoms with Gasteiger partial charge in [0.1, 0.15) is 17.9 Å². The number of aromatic nitrogens is 4. The minimum Gasteiger partial charge on any atom is -0.682 e. The number of nitrogens with two attached hydrogens (primary N) is 7. The summed E-state index contributed by atoms with van der Waals surface area (Å²) >= 11 is 0. The van der Waals surface area contributed by atoms with Crippen LogP contribution in [0.25, 0.3) is 16.5 Å². The van der Waals surface area contributed by atoms with Crippen LogP contribution in [0.1, 0.15) is 139 Å². The number of aliphatic hydroxyl groups excluding tert-OH is 3. The second-order valence-corrected chi connectivity index (χ2v) is 25.2. The number of carbonyl (C=O) groups excluding carboxylic acids is 7. The van der Waals surface area contributed by atoms with Crippen molar-refractivity contribution < 1.29 is 75.9 Å². The van der Waals surface area contributed by atoms with E-state index in [1.807, 2.05) is 61.5 Å². The van der Waals surface area contributed by atoms with E-state index in [0.717, 1.165) is 0 Å². The molecule has 87 heavy (non-hydrogen) atoms. The molecule has 14 atom stereocenters. The summed E-state index contributed by atoms with van der Waals surface area (Å²) in [7, 11) is 0. The predicted molar refractivity (Wildman–Crippen MR) is 319 cm³/mol. The molecular formula is C58H86CoN16O12. The number of aliphatic hydroxyl groups is 3. The monoisotopic (exact) mass is 1260 g/mol. The third-order valence-corrected chi connectivity index (χ3v) is 19.0. The molecule has 29 heteroatoms. The number of fused-ring (bicyclic) bond motifs is 7. The number of ether oxygens (including phenoxy) is 1. The van der Waals surface area contributed by atoms with Crippen molar-refractivity contribution in [2.24, 2.45) is 94.7 Å². The Bertz CT molecular complexity index is 3250. The maximum atomic E-state index is 13.5. The van der Waals surface area contributed by atoms with Crippen LogP contribution < -0.4 is 45.5 Å². The van der Waals surface area contributed by atoms with Gasteiger partial charge in [-0.05, 0) is 88.0 Å². The van der Waals surface area contributed by atoms with Crippen LogP contribution in [0.4, 0.5) is 5.82 Å². The first-order valence-electron chi connectivity index (χ1n) is 28.6. The Morgan fingerprint density at radius 1 is 0.759 bits per heavy atom. The third-order valence-electron chi connectivity index (χ3n) is 19.0. The van der Waals surface area contributed by atoms with Gasteiger partial charge in [0.25, 0.3) is 0 Å². The fraction of sp³-hybridized carbons (Fsp3) is 0.621. The summed E-state index contributed by atoms with van der Waals surface area (Å²) < 4.78 is 6.90. The average molecular weight is 1260 g/mol. The quantitative estimate of drug-likeness (QED) is 0.0761. The van der Waals surface area contributed by atoms with Crippen molar-refractivity contribution >= 4 is 75.5 Å². The number of allylic oxidation sites excluding steroid dienone is 6. The summed E-state index contributed by atoms with van der Waals surface area (Å²) in [6, 6.07) is -0.923. The molecule has 0 aromatic carbocycles. The van der Waals surface area contributed by atoms with Crippen molar-refractivity contribution in [3.63, 3.8) is 0 Å². The predicted octanol–water partition coefficient (Wildman–Crippen LogP) is 0.555. The standard InChI is InChI=1S/C48H73N11O8.C10H12N5O3.Co.H2O/c1-23(60)22-55-38(67)16-17-45(6)29(18-35(52)64)43-48(9)47(8,21-37(54)66)28(12-15-34(51)63)40(59-48)25(3)42-46(7,20-36(53)65)26(10-13-32(49)61)30(56-42)19-31-44(4,5)27(11-14-33(50)62)39(57-31)24(2)41(45)58-43;1-4-6(16)7(17)10(18-4)15-3-14-5-8(11)12-2-13-9(5)15;;/h19,23,26-29,43,60H,10-18,20-22H2,1-9H3,(H14,49,50,51,52,53,54,55,56,57,58,59,61,62,63,64,65,66,67);2-4,6-7,10,16-17H,1H2,(H2,11,12,13);;1H2/q;-1;+2;/p-1. The number of primary amides is 6. The number of nitrogens with one attached hydrogen (secondary N) is 1. The molecule has 0 aliphatic carbocycles. The molecule has 6 aliphatic rings. The zero-order valence-corrected chi connectivity index (χ0v) is 51.8. The Labute approximate surface area is 515 Å². The zero-order chi connectivity index (χ0) is 63.2. The molecule has 2 saturated heterocycles. The molecule has 20 N–H and O–H groups in total. The Kier molecular flexibility index (Phi) is 21.8. The number of aliphatic imine (C=N–C) groups is 3. The first-order chi connectivity index (χ1) is 39.5. The van der Waals surface area contributed by atoms with Crippen LogP contribution in [0.5, 0.6) is 0 Å².